The fraction of sp³-hybridized carbons (Fsp3) is 0.667. The molecule has 96 valence electrons. The number of rotatable bonds is 7. The molecule has 1 aromatic heterocycles. The topological polar surface area (TPSA) is 58.0 Å². The summed E-state index contributed by atoms with van der Waals surface area (Å²) in [7, 11) is 0. The van der Waals surface area contributed by atoms with Crippen LogP contribution in [0.3, 0.4) is 0 Å². The third kappa shape index (κ3) is 5.33. The molecule has 0 aromatic carbocycles. The summed E-state index contributed by atoms with van der Waals surface area (Å²) in [6, 6.07) is 1.73. The smallest absolute Gasteiger partial charge is 0.134 e. The van der Waals surface area contributed by atoms with Gasteiger partial charge in [0.05, 0.1) is 0 Å². The standard InChI is InChI=1S/C12H20ClN3O/c1-3-11-15-10(13)7-12(16-11)14-6-4-5-9(2)8-17/h7,9,17H,3-6,8H2,1-2H3,(H,14,15,16). The van der Waals surface area contributed by atoms with Crippen LogP contribution < -0.4 is 5.32 Å². The van der Waals surface area contributed by atoms with E-state index in [0.717, 1.165) is 37.4 Å². The van der Waals surface area contributed by atoms with Gasteiger partial charge >= 0.3 is 0 Å². The average molecular weight is 258 g/mol. The molecule has 1 rings (SSSR count). The first-order chi connectivity index (χ1) is 8.15. The van der Waals surface area contributed by atoms with Crippen molar-refractivity contribution in [3.8, 4) is 0 Å². The number of nitrogens with zero attached hydrogens (tertiary/aromatic N) is 2. The fourth-order valence-corrected chi connectivity index (χ4v) is 1.67. The second kappa shape index (κ2) is 7.45. The molecule has 0 bridgehead atoms. The van der Waals surface area contributed by atoms with Crippen molar-refractivity contribution in [3.05, 3.63) is 17.0 Å². The zero-order valence-corrected chi connectivity index (χ0v) is 11.2. The lowest BCUT2D eigenvalue weighted by atomic mass is 10.1. The number of hydrogen-bond acceptors (Lipinski definition) is 4. The summed E-state index contributed by atoms with van der Waals surface area (Å²) < 4.78 is 0. The van der Waals surface area contributed by atoms with Gasteiger partial charge in [0.2, 0.25) is 0 Å². The molecule has 4 nitrogen and oxygen atoms in total. The van der Waals surface area contributed by atoms with Crippen LogP contribution in [-0.2, 0) is 6.42 Å². The molecule has 2 N–H and O–H groups in total. The molecule has 0 saturated carbocycles. The molecule has 17 heavy (non-hydrogen) atoms. The summed E-state index contributed by atoms with van der Waals surface area (Å²) in [5, 5.41) is 12.6. The molecule has 1 aromatic rings. The Morgan fingerprint density at radius 1 is 1.47 bits per heavy atom. The molecule has 0 aliphatic carbocycles. The number of aromatic nitrogens is 2. The Bertz CT molecular complexity index is 347. The van der Waals surface area contributed by atoms with Gasteiger partial charge in [-0.1, -0.05) is 25.4 Å². The van der Waals surface area contributed by atoms with E-state index >= 15 is 0 Å². The van der Waals surface area contributed by atoms with Crippen molar-refractivity contribution in [2.45, 2.75) is 33.1 Å². The summed E-state index contributed by atoms with van der Waals surface area (Å²) in [6.07, 6.45) is 2.78. The number of aryl methyl sites for hydroxylation is 1. The normalized spacial score (nSPS) is 12.5. The summed E-state index contributed by atoms with van der Waals surface area (Å²) in [5.41, 5.74) is 0. The Labute approximate surface area is 107 Å². The molecule has 1 unspecified atom stereocenters. The highest BCUT2D eigenvalue weighted by molar-refractivity contribution is 6.29. The van der Waals surface area contributed by atoms with Crippen LogP contribution in [0.2, 0.25) is 5.15 Å². The third-order valence-corrected chi connectivity index (χ3v) is 2.74. The lowest BCUT2D eigenvalue weighted by Crippen LogP contribution is -2.08. The molecule has 0 spiro atoms. The van der Waals surface area contributed by atoms with Gasteiger partial charge in [-0.25, -0.2) is 9.97 Å². The minimum atomic E-state index is 0.249. The highest BCUT2D eigenvalue weighted by Crippen LogP contribution is 2.12. The van der Waals surface area contributed by atoms with Crippen molar-refractivity contribution in [2.75, 3.05) is 18.5 Å². The fourth-order valence-electron chi connectivity index (χ4n) is 1.47. The monoisotopic (exact) mass is 257 g/mol. The van der Waals surface area contributed by atoms with Crippen LogP contribution in [0.1, 0.15) is 32.5 Å². The quantitative estimate of drug-likeness (QED) is 0.582. The second-order valence-corrected chi connectivity index (χ2v) is 4.59. The molecule has 5 heteroatoms. The summed E-state index contributed by atoms with van der Waals surface area (Å²) in [4.78, 5) is 8.44. The van der Waals surface area contributed by atoms with Crippen LogP contribution in [-0.4, -0.2) is 28.2 Å². The number of halogens is 1. The predicted molar refractivity (Wildman–Crippen MR) is 70.4 cm³/mol. The van der Waals surface area contributed by atoms with Crippen molar-refractivity contribution in [2.24, 2.45) is 5.92 Å². The van der Waals surface area contributed by atoms with Crippen LogP contribution in [0.5, 0.6) is 0 Å². The lowest BCUT2D eigenvalue weighted by molar-refractivity contribution is 0.229. The van der Waals surface area contributed by atoms with Crippen LogP contribution >= 0.6 is 11.6 Å². The molecule has 1 atom stereocenters. The number of nitrogens with one attached hydrogen (secondary N) is 1. The molecular formula is C12H20ClN3O. The van der Waals surface area contributed by atoms with E-state index in [4.69, 9.17) is 16.7 Å². The Kier molecular flexibility index (Phi) is 6.22. The van der Waals surface area contributed by atoms with Gasteiger partial charge in [-0.15, -0.1) is 0 Å². The maximum Gasteiger partial charge on any atom is 0.134 e. The number of anilines is 1. The first-order valence-electron chi connectivity index (χ1n) is 6.04. The Balaban J connectivity index is 2.38. The average Bonchev–Trinajstić information content (AvgIpc) is 2.33. The van der Waals surface area contributed by atoms with E-state index in [0.29, 0.717) is 11.1 Å². The Morgan fingerprint density at radius 2 is 2.24 bits per heavy atom. The summed E-state index contributed by atoms with van der Waals surface area (Å²) >= 11 is 5.89. The van der Waals surface area contributed by atoms with Gasteiger partial charge < -0.3 is 10.4 Å². The third-order valence-electron chi connectivity index (χ3n) is 2.55. The zero-order chi connectivity index (χ0) is 12.7. The van der Waals surface area contributed by atoms with Gasteiger partial charge in [0, 0.05) is 25.6 Å². The summed E-state index contributed by atoms with van der Waals surface area (Å²) in [5.74, 6) is 1.89. The van der Waals surface area contributed by atoms with Gasteiger partial charge in [-0.2, -0.15) is 0 Å². The molecule has 0 aliphatic heterocycles. The first-order valence-corrected chi connectivity index (χ1v) is 6.41. The maximum atomic E-state index is 8.90. The minimum Gasteiger partial charge on any atom is -0.396 e. The maximum absolute atomic E-state index is 8.90. The number of aliphatic hydroxyl groups excluding tert-OH is 1. The van der Waals surface area contributed by atoms with Crippen LogP contribution in [0.25, 0.3) is 0 Å². The zero-order valence-electron chi connectivity index (χ0n) is 10.4. The van der Waals surface area contributed by atoms with Crippen molar-refractivity contribution < 1.29 is 5.11 Å². The van der Waals surface area contributed by atoms with Gasteiger partial charge in [0.15, 0.2) is 0 Å². The van der Waals surface area contributed by atoms with Gasteiger partial charge in [0.1, 0.15) is 16.8 Å². The lowest BCUT2D eigenvalue weighted by Gasteiger charge is -2.09. The van der Waals surface area contributed by atoms with Crippen LogP contribution in [0.15, 0.2) is 6.07 Å². The number of hydrogen-bond donors (Lipinski definition) is 2. The SMILES string of the molecule is CCc1nc(Cl)cc(NCCCC(C)CO)n1. The van der Waals surface area contributed by atoms with E-state index in [-0.39, 0.29) is 6.61 Å². The first kappa shape index (κ1) is 14.2. The molecule has 0 amide bonds. The van der Waals surface area contributed by atoms with Crippen LogP contribution in [0, 0.1) is 5.92 Å². The van der Waals surface area contributed by atoms with Crippen molar-refractivity contribution >= 4 is 17.4 Å². The van der Waals surface area contributed by atoms with E-state index in [1.165, 1.54) is 0 Å². The molecular weight excluding hydrogens is 238 g/mol. The van der Waals surface area contributed by atoms with Gasteiger partial charge in [0.25, 0.3) is 0 Å². The Hall–Kier alpha value is -0.870. The molecule has 0 fully saturated rings. The van der Waals surface area contributed by atoms with E-state index in [1.54, 1.807) is 6.07 Å². The van der Waals surface area contributed by atoms with Gasteiger partial charge in [-0.05, 0) is 18.8 Å². The molecule has 0 saturated heterocycles. The molecule has 1 heterocycles. The highest BCUT2D eigenvalue weighted by Gasteiger charge is 2.02. The molecule has 0 radical (unpaired) electrons. The van der Waals surface area contributed by atoms with Crippen LogP contribution in [0.4, 0.5) is 5.82 Å². The predicted octanol–water partition coefficient (Wildman–Crippen LogP) is 2.51. The van der Waals surface area contributed by atoms with Crippen molar-refractivity contribution in [3.63, 3.8) is 0 Å². The van der Waals surface area contributed by atoms with E-state index < -0.39 is 0 Å². The second-order valence-electron chi connectivity index (χ2n) is 4.20. The van der Waals surface area contributed by atoms with E-state index in [1.807, 2.05) is 13.8 Å². The van der Waals surface area contributed by atoms with E-state index in [9.17, 15) is 0 Å². The molecule has 0 aliphatic rings. The van der Waals surface area contributed by atoms with Crippen molar-refractivity contribution in [1.82, 2.24) is 9.97 Å². The Morgan fingerprint density at radius 3 is 2.88 bits per heavy atom. The largest absolute Gasteiger partial charge is 0.396 e. The van der Waals surface area contributed by atoms with Gasteiger partial charge in [-0.3, -0.25) is 0 Å². The minimum absolute atomic E-state index is 0.249. The van der Waals surface area contributed by atoms with Crippen molar-refractivity contribution in [1.29, 1.82) is 0 Å². The summed E-state index contributed by atoms with van der Waals surface area (Å²) in [6.45, 7) is 5.12. The highest BCUT2D eigenvalue weighted by atomic mass is 35.5. The number of aliphatic hydroxyl groups is 1. The van der Waals surface area contributed by atoms with E-state index in [2.05, 4.69) is 15.3 Å².